The van der Waals surface area contributed by atoms with E-state index in [-0.39, 0.29) is 0 Å². The summed E-state index contributed by atoms with van der Waals surface area (Å²) in [6.45, 7) is 0. The summed E-state index contributed by atoms with van der Waals surface area (Å²) in [7, 11) is 1.88. The molecular formula is C13H11ClNO2+. The third kappa shape index (κ3) is 3.04. The molecule has 3 nitrogen and oxygen atoms in total. The Morgan fingerprint density at radius 3 is 2.59 bits per heavy atom. The predicted molar refractivity (Wildman–Crippen MR) is 64.0 cm³/mol. The SMILES string of the molecule is C[n+]1ccc(C(=O)Oc2cccc(Cl)c2)cc1. The highest BCUT2D eigenvalue weighted by atomic mass is 35.5. The molecule has 2 aromatic rings. The van der Waals surface area contributed by atoms with Crippen molar-refractivity contribution in [3.63, 3.8) is 0 Å². The molecule has 0 N–H and O–H groups in total. The smallest absolute Gasteiger partial charge is 0.343 e. The zero-order chi connectivity index (χ0) is 12.3. The summed E-state index contributed by atoms with van der Waals surface area (Å²) < 4.78 is 7.03. The molecule has 0 fully saturated rings. The number of rotatable bonds is 2. The highest BCUT2D eigenvalue weighted by molar-refractivity contribution is 6.30. The zero-order valence-corrected chi connectivity index (χ0v) is 10.0. The fraction of sp³-hybridized carbons (Fsp3) is 0.0769. The molecule has 0 saturated heterocycles. The van der Waals surface area contributed by atoms with Crippen molar-refractivity contribution >= 4 is 17.6 Å². The molecule has 86 valence electrons. The van der Waals surface area contributed by atoms with Crippen molar-refractivity contribution in [2.45, 2.75) is 0 Å². The van der Waals surface area contributed by atoms with Crippen LogP contribution in [0.3, 0.4) is 0 Å². The van der Waals surface area contributed by atoms with Gasteiger partial charge in [-0.2, -0.15) is 0 Å². The normalized spacial score (nSPS) is 10.0. The standard InChI is InChI=1S/C13H11ClNO2/c1-15-7-5-10(6-8-15)13(16)17-12-4-2-3-11(14)9-12/h2-9H,1H3/q+1. The molecule has 0 aliphatic rings. The summed E-state index contributed by atoms with van der Waals surface area (Å²) in [5.41, 5.74) is 0.503. The molecular weight excluding hydrogens is 238 g/mol. The number of hydrogen-bond acceptors (Lipinski definition) is 2. The monoisotopic (exact) mass is 248 g/mol. The van der Waals surface area contributed by atoms with Crippen molar-refractivity contribution in [3.8, 4) is 5.75 Å². The Morgan fingerprint density at radius 2 is 1.94 bits per heavy atom. The lowest BCUT2D eigenvalue weighted by molar-refractivity contribution is -0.671. The van der Waals surface area contributed by atoms with E-state index < -0.39 is 5.97 Å². The van der Waals surface area contributed by atoms with Crippen LogP contribution in [0.1, 0.15) is 10.4 Å². The molecule has 0 aliphatic carbocycles. The Hall–Kier alpha value is -1.87. The minimum atomic E-state index is -0.395. The Kier molecular flexibility index (Phi) is 3.40. The van der Waals surface area contributed by atoms with E-state index in [2.05, 4.69) is 0 Å². The molecule has 0 bridgehead atoms. The van der Waals surface area contributed by atoms with Crippen molar-refractivity contribution in [3.05, 3.63) is 59.4 Å². The molecule has 0 atom stereocenters. The van der Waals surface area contributed by atoms with Crippen LogP contribution < -0.4 is 9.30 Å². The number of carbonyl (C=O) groups is 1. The molecule has 1 aromatic carbocycles. The van der Waals surface area contributed by atoms with Crippen LogP contribution in [0, 0.1) is 0 Å². The highest BCUT2D eigenvalue weighted by Crippen LogP contribution is 2.18. The fourth-order valence-electron chi connectivity index (χ4n) is 1.33. The number of pyridine rings is 1. The van der Waals surface area contributed by atoms with Crippen LogP contribution in [-0.2, 0) is 7.05 Å². The predicted octanol–water partition coefficient (Wildman–Crippen LogP) is 2.38. The first-order chi connectivity index (χ1) is 8.15. The zero-order valence-electron chi connectivity index (χ0n) is 9.26. The molecule has 4 heteroatoms. The van der Waals surface area contributed by atoms with E-state index in [0.717, 1.165) is 0 Å². The molecule has 1 heterocycles. The number of aryl methyl sites for hydroxylation is 1. The van der Waals surface area contributed by atoms with Crippen LogP contribution in [0.5, 0.6) is 5.75 Å². The molecule has 0 amide bonds. The second-order valence-electron chi connectivity index (χ2n) is 3.60. The first-order valence-electron chi connectivity index (χ1n) is 5.08. The van der Waals surface area contributed by atoms with Gasteiger partial charge in [-0.15, -0.1) is 0 Å². The van der Waals surface area contributed by atoms with E-state index in [4.69, 9.17) is 16.3 Å². The lowest BCUT2D eigenvalue weighted by Crippen LogP contribution is -2.26. The first kappa shape index (κ1) is 11.6. The van der Waals surface area contributed by atoms with Gasteiger partial charge in [-0.25, -0.2) is 9.36 Å². The summed E-state index contributed by atoms with van der Waals surface area (Å²) in [6.07, 6.45) is 3.57. The molecule has 17 heavy (non-hydrogen) atoms. The molecule has 0 spiro atoms. The van der Waals surface area contributed by atoms with Gasteiger partial charge in [0, 0.05) is 17.2 Å². The van der Waals surface area contributed by atoms with Gasteiger partial charge in [0.15, 0.2) is 12.4 Å². The van der Waals surface area contributed by atoms with E-state index in [9.17, 15) is 4.79 Å². The number of benzene rings is 1. The van der Waals surface area contributed by atoms with Crippen LogP contribution in [-0.4, -0.2) is 5.97 Å². The average molecular weight is 249 g/mol. The number of carbonyl (C=O) groups excluding carboxylic acids is 1. The average Bonchev–Trinajstić information content (AvgIpc) is 2.29. The maximum absolute atomic E-state index is 11.8. The maximum atomic E-state index is 11.8. The lowest BCUT2D eigenvalue weighted by atomic mass is 10.3. The van der Waals surface area contributed by atoms with Gasteiger partial charge in [0.1, 0.15) is 12.8 Å². The third-order valence-corrected chi connectivity index (χ3v) is 2.46. The summed E-state index contributed by atoms with van der Waals surface area (Å²) in [6, 6.07) is 10.1. The molecule has 0 unspecified atom stereocenters. The fourth-order valence-corrected chi connectivity index (χ4v) is 1.51. The number of esters is 1. The molecule has 0 radical (unpaired) electrons. The quantitative estimate of drug-likeness (QED) is 0.464. The number of halogens is 1. The van der Waals surface area contributed by atoms with Crippen molar-refractivity contribution < 1.29 is 14.1 Å². The number of ether oxygens (including phenoxy) is 1. The molecule has 0 aliphatic heterocycles. The second kappa shape index (κ2) is 4.97. The van der Waals surface area contributed by atoms with Gasteiger partial charge in [-0.3, -0.25) is 0 Å². The van der Waals surface area contributed by atoms with Gasteiger partial charge in [0.25, 0.3) is 0 Å². The summed E-state index contributed by atoms with van der Waals surface area (Å²) >= 11 is 5.80. The van der Waals surface area contributed by atoms with Crippen molar-refractivity contribution in [2.75, 3.05) is 0 Å². The number of hydrogen-bond donors (Lipinski definition) is 0. The van der Waals surface area contributed by atoms with E-state index in [1.54, 1.807) is 48.8 Å². The lowest BCUT2D eigenvalue weighted by Gasteiger charge is -2.03. The van der Waals surface area contributed by atoms with E-state index in [1.165, 1.54) is 0 Å². The summed E-state index contributed by atoms with van der Waals surface area (Å²) in [5.74, 6) is 0.0450. The van der Waals surface area contributed by atoms with Crippen LogP contribution in [0.15, 0.2) is 48.8 Å². The van der Waals surface area contributed by atoms with Gasteiger partial charge in [0.05, 0.1) is 5.56 Å². The van der Waals surface area contributed by atoms with Crippen LogP contribution in [0.25, 0.3) is 0 Å². The van der Waals surface area contributed by atoms with Gasteiger partial charge >= 0.3 is 5.97 Å². The van der Waals surface area contributed by atoms with Crippen LogP contribution >= 0.6 is 11.6 Å². The summed E-state index contributed by atoms with van der Waals surface area (Å²) in [4.78, 5) is 11.8. The van der Waals surface area contributed by atoms with E-state index in [1.807, 2.05) is 11.6 Å². The molecule has 1 aromatic heterocycles. The largest absolute Gasteiger partial charge is 0.423 e. The van der Waals surface area contributed by atoms with Gasteiger partial charge < -0.3 is 4.74 Å². The van der Waals surface area contributed by atoms with Gasteiger partial charge in [0.2, 0.25) is 0 Å². The van der Waals surface area contributed by atoms with Crippen molar-refractivity contribution in [2.24, 2.45) is 7.05 Å². The molecule has 2 rings (SSSR count). The minimum Gasteiger partial charge on any atom is -0.423 e. The Bertz CT molecular complexity index is 537. The van der Waals surface area contributed by atoms with E-state index in [0.29, 0.717) is 16.3 Å². The maximum Gasteiger partial charge on any atom is 0.343 e. The Balaban J connectivity index is 2.14. The summed E-state index contributed by atoms with van der Waals surface area (Å²) in [5, 5.41) is 0.537. The third-order valence-electron chi connectivity index (χ3n) is 2.22. The molecule has 0 saturated carbocycles. The topological polar surface area (TPSA) is 30.2 Å². The van der Waals surface area contributed by atoms with Gasteiger partial charge in [-0.05, 0) is 18.2 Å². The number of nitrogens with zero attached hydrogens (tertiary/aromatic N) is 1. The Labute approximate surface area is 104 Å². The van der Waals surface area contributed by atoms with Crippen molar-refractivity contribution in [1.82, 2.24) is 0 Å². The highest BCUT2D eigenvalue weighted by Gasteiger charge is 2.09. The van der Waals surface area contributed by atoms with Crippen LogP contribution in [0.4, 0.5) is 0 Å². The second-order valence-corrected chi connectivity index (χ2v) is 4.04. The number of aromatic nitrogens is 1. The van der Waals surface area contributed by atoms with Crippen molar-refractivity contribution in [1.29, 1.82) is 0 Å². The van der Waals surface area contributed by atoms with Gasteiger partial charge in [-0.1, -0.05) is 17.7 Å². The first-order valence-corrected chi connectivity index (χ1v) is 5.46. The minimum absolute atomic E-state index is 0.395. The van der Waals surface area contributed by atoms with Crippen LogP contribution in [0.2, 0.25) is 5.02 Å². The Morgan fingerprint density at radius 1 is 1.24 bits per heavy atom. The van der Waals surface area contributed by atoms with E-state index >= 15 is 0 Å².